The molecular formula is C25H26ClN3O8. The van der Waals surface area contributed by atoms with Gasteiger partial charge in [0.25, 0.3) is 11.6 Å². The lowest BCUT2D eigenvalue weighted by atomic mass is 10.1. The third kappa shape index (κ3) is 5.78. The van der Waals surface area contributed by atoms with Gasteiger partial charge in [0.15, 0.2) is 17.3 Å². The first-order chi connectivity index (χ1) is 17.8. The molecule has 2 aromatic carbocycles. The van der Waals surface area contributed by atoms with Gasteiger partial charge in [-0.2, -0.15) is 0 Å². The minimum absolute atomic E-state index is 0.00481. The summed E-state index contributed by atoms with van der Waals surface area (Å²) in [6.45, 7) is 1.04. The SMILES string of the molecule is COc1cc(-c2cc(CN(C[C@@H]3CCCO3)C(=O)c3ccc([N+](=O)[O-])cc3Cl)no2)cc(OC)c1OC. The molecule has 1 amide bonds. The maximum Gasteiger partial charge on any atom is 0.270 e. The van der Waals surface area contributed by atoms with E-state index >= 15 is 0 Å². The first-order valence-electron chi connectivity index (χ1n) is 11.4. The lowest BCUT2D eigenvalue weighted by molar-refractivity contribution is -0.384. The molecule has 196 valence electrons. The summed E-state index contributed by atoms with van der Waals surface area (Å²) in [4.78, 5) is 25.5. The Hall–Kier alpha value is -3.83. The Labute approximate surface area is 217 Å². The molecule has 1 aliphatic rings. The molecule has 3 aromatic rings. The smallest absolute Gasteiger partial charge is 0.270 e. The van der Waals surface area contributed by atoms with Crippen molar-refractivity contribution in [3.05, 3.63) is 62.8 Å². The number of methoxy groups -OCH3 is 3. The average molecular weight is 532 g/mol. The number of aromatic nitrogens is 1. The van der Waals surface area contributed by atoms with Crippen molar-refractivity contribution in [3.63, 3.8) is 0 Å². The lowest BCUT2D eigenvalue weighted by Crippen LogP contribution is -2.37. The number of carbonyl (C=O) groups is 1. The highest BCUT2D eigenvalue weighted by atomic mass is 35.5. The van der Waals surface area contributed by atoms with Crippen molar-refractivity contribution >= 4 is 23.2 Å². The summed E-state index contributed by atoms with van der Waals surface area (Å²) in [5.74, 6) is 1.40. The second-order valence-electron chi connectivity index (χ2n) is 8.34. The molecule has 2 heterocycles. The van der Waals surface area contributed by atoms with Crippen LogP contribution in [0.15, 0.2) is 40.9 Å². The third-order valence-corrected chi connectivity index (χ3v) is 6.30. The van der Waals surface area contributed by atoms with Crippen LogP contribution in [-0.4, -0.2) is 61.5 Å². The molecule has 1 atom stereocenters. The normalized spacial score (nSPS) is 14.9. The molecule has 1 aliphatic heterocycles. The fourth-order valence-electron chi connectivity index (χ4n) is 4.16. The predicted octanol–water partition coefficient (Wildman–Crippen LogP) is 4.75. The molecule has 0 bridgehead atoms. The van der Waals surface area contributed by atoms with Crippen molar-refractivity contribution < 1.29 is 33.2 Å². The van der Waals surface area contributed by atoms with Crippen molar-refractivity contribution in [2.45, 2.75) is 25.5 Å². The Balaban J connectivity index is 1.62. The Morgan fingerprint density at radius 1 is 1.16 bits per heavy atom. The quantitative estimate of drug-likeness (QED) is 0.269. The number of carbonyl (C=O) groups excluding carboxylic acids is 1. The Bertz CT molecular complexity index is 1260. The molecule has 0 N–H and O–H groups in total. The lowest BCUT2D eigenvalue weighted by Gasteiger charge is -2.25. The van der Waals surface area contributed by atoms with Crippen LogP contribution in [0.5, 0.6) is 17.2 Å². The number of nitro benzene ring substituents is 1. The molecular weight excluding hydrogens is 506 g/mol. The molecule has 0 saturated carbocycles. The Morgan fingerprint density at radius 2 is 1.89 bits per heavy atom. The number of amides is 1. The van der Waals surface area contributed by atoms with Crippen molar-refractivity contribution in [3.8, 4) is 28.6 Å². The minimum Gasteiger partial charge on any atom is -0.493 e. The molecule has 12 heteroatoms. The fourth-order valence-corrected chi connectivity index (χ4v) is 4.41. The van der Waals surface area contributed by atoms with Gasteiger partial charge in [0.2, 0.25) is 5.75 Å². The summed E-state index contributed by atoms with van der Waals surface area (Å²) in [5.41, 5.74) is 1.09. The van der Waals surface area contributed by atoms with E-state index in [-0.39, 0.29) is 28.9 Å². The van der Waals surface area contributed by atoms with Gasteiger partial charge in [-0.1, -0.05) is 16.8 Å². The highest BCUT2D eigenvalue weighted by molar-refractivity contribution is 6.34. The number of ether oxygens (including phenoxy) is 4. The highest BCUT2D eigenvalue weighted by Crippen LogP contribution is 2.41. The fraction of sp³-hybridized carbons (Fsp3) is 0.360. The van der Waals surface area contributed by atoms with Crippen molar-refractivity contribution in [1.29, 1.82) is 0 Å². The van der Waals surface area contributed by atoms with Crippen LogP contribution in [0.4, 0.5) is 5.69 Å². The van der Waals surface area contributed by atoms with Crippen LogP contribution in [-0.2, 0) is 11.3 Å². The number of halogens is 1. The van der Waals surface area contributed by atoms with E-state index in [2.05, 4.69) is 5.16 Å². The van der Waals surface area contributed by atoms with E-state index in [1.165, 1.54) is 33.5 Å². The van der Waals surface area contributed by atoms with Crippen LogP contribution in [0, 0.1) is 10.1 Å². The number of nitrogens with zero attached hydrogens (tertiary/aromatic N) is 3. The number of non-ortho nitro benzene ring substituents is 1. The van der Waals surface area contributed by atoms with Crippen LogP contribution < -0.4 is 14.2 Å². The number of benzene rings is 2. The number of rotatable bonds is 10. The van der Waals surface area contributed by atoms with Crippen LogP contribution in [0.2, 0.25) is 5.02 Å². The van der Waals surface area contributed by atoms with E-state index in [0.29, 0.717) is 47.4 Å². The molecule has 1 aromatic heterocycles. The maximum absolute atomic E-state index is 13.5. The van der Waals surface area contributed by atoms with E-state index in [1.54, 1.807) is 23.1 Å². The summed E-state index contributed by atoms with van der Waals surface area (Å²) < 4.78 is 27.5. The summed E-state index contributed by atoms with van der Waals surface area (Å²) in [6, 6.07) is 8.96. The van der Waals surface area contributed by atoms with Crippen LogP contribution in [0.1, 0.15) is 28.9 Å². The van der Waals surface area contributed by atoms with Crippen LogP contribution in [0.25, 0.3) is 11.3 Å². The summed E-state index contributed by atoms with van der Waals surface area (Å²) in [7, 11) is 4.55. The first-order valence-corrected chi connectivity index (χ1v) is 11.8. The maximum atomic E-state index is 13.5. The third-order valence-electron chi connectivity index (χ3n) is 5.99. The molecule has 0 aliphatic carbocycles. The van der Waals surface area contributed by atoms with E-state index in [0.717, 1.165) is 18.9 Å². The number of hydrogen-bond donors (Lipinski definition) is 0. The van der Waals surface area contributed by atoms with Gasteiger partial charge in [-0.05, 0) is 31.0 Å². The molecule has 0 radical (unpaired) electrons. The van der Waals surface area contributed by atoms with Gasteiger partial charge in [0, 0.05) is 36.9 Å². The van der Waals surface area contributed by atoms with Gasteiger partial charge in [-0.15, -0.1) is 0 Å². The largest absolute Gasteiger partial charge is 0.493 e. The zero-order valence-corrected chi connectivity index (χ0v) is 21.3. The van der Waals surface area contributed by atoms with Gasteiger partial charge >= 0.3 is 0 Å². The molecule has 0 spiro atoms. The minimum atomic E-state index is -0.565. The van der Waals surface area contributed by atoms with E-state index in [1.807, 2.05) is 0 Å². The van der Waals surface area contributed by atoms with Gasteiger partial charge in [-0.3, -0.25) is 14.9 Å². The summed E-state index contributed by atoms with van der Waals surface area (Å²) in [5, 5.41) is 15.2. The van der Waals surface area contributed by atoms with Crippen molar-refractivity contribution in [1.82, 2.24) is 10.1 Å². The van der Waals surface area contributed by atoms with Gasteiger partial charge in [-0.25, -0.2) is 0 Å². The van der Waals surface area contributed by atoms with E-state index in [9.17, 15) is 14.9 Å². The summed E-state index contributed by atoms with van der Waals surface area (Å²) in [6.07, 6.45) is 1.58. The topological polar surface area (TPSA) is 126 Å². The van der Waals surface area contributed by atoms with Gasteiger partial charge in [0.05, 0.1) is 49.5 Å². The molecule has 1 saturated heterocycles. The number of hydrogen-bond acceptors (Lipinski definition) is 9. The second kappa shape index (κ2) is 11.5. The van der Waals surface area contributed by atoms with E-state index < -0.39 is 10.8 Å². The number of nitro groups is 1. The molecule has 37 heavy (non-hydrogen) atoms. The van der Waals surface area contributed by atoms with E-state index in [4.69, 9.17) is 35.1 Å². The highest BCUT2D eigenvalue weighted by Gasteiger charge is 2.27. The average Bonchev–Trinajstić information content (AvgIpc) is 3.59. The van der Waals surface area contributed by atoms with Crippen molar-refractivity contribution in [2.24, 2.45) is 0 Å². The predicted molar refractivity (Wildman–Crippen MR) is 133 cm³/mol. The molecule has 4 rings (SSSR count). The zero-order valence-electron chi connectivity index (χ0n) is 20.6. The monoisotopic (exact) mass is 531 g/mol. The van der Waals surface area contributed by atoms with Crippen LogP contribution >= 0.6 is 11.6 Å². The molecule has 11 nitrogen and oxygen atoms in total. The summed E-state index contributed by atoms with van der Waals surface area (Å²) >= 11 is 6.25. The van der Waals surface area contributed by atoms with Crippen molar-refractivity contribution in [2.75, 3.05) is 34.5 Å². The first kappa shape index (κ1) is 26.2. The second-order valence-corrected chi connectivity index (χ2v) is 8.75. The Morgan fingerprint density at radius 3 is 2.46 bits per heavy atom. The van der Waals surface area contributed by atoms with Crippen LogP contribution in [0.3, 0.4) is 0 Å². The zero-order chi connectivity index (χ0) is 26.5. The molecule has 1 fully saturated rings. The Kier molecular flexibility index (Phi) is 8.14. The standard InChI is InChI=1S/C25H26ClN3O8/c1-33-22-9-15(10-23(34-2)24(22)35-3)21-11-16(27-37-21)13-28(14-18-5-4-8-36-18)25(30)19-7-6-17(29(31)32)12-20(19)26/h6-7,9-12,18H,4-5,8,13-14H2,1-3H3/t18-/m0/s1. The van der Waals surface area contributed by atoms with Gasteiger partial charge < -0.3 is 28.4 Å². The molecule has 0 unspecified atom stereocenters. The van der Waals surface area contributed by atoms with Gasteiger partial charge in [0.1, 0.15) is 5.69 Å².